The Kier molecular flexibility index (Phi) is 2.85. The van der Waals surface area contributed by atoms with E-state index < -0.39 is 0 Å². The van der Waals surface area contributed by atoms with Gasteiger partial charge >= 0.3 is 0 Å². The number of imidazole rings is 1. The maximum absolute atomic E-state index is 5.34. The summed E-state index contributed by atoms with van der Waals surface area (Å²) in [6, 6.07) is 6.08. The summed E-state index contributed by atoms with van der Waals surface area (Å²) >= 11 is 10.4. The smallest absolute Gasteiger partial charge is 0.178 e. The number of fused-ring (bicyclic) bond motifs is 1. The Morgan fingerprint density at radius 2 is 2.35 bits per heavy atom. The first kappa shape index (κ1) is 11.1. The average Bonchev–Trinajstić information content (AvgIpc) is 2.90. The molecule has 0 bridgehead atoms. The lowest BCUT2D eigenvalue weighted by Gasteiger charge is -2.01. The van der Waals surface area contributed by atoms with Gasteiger partial charge in [0.2, 0.25) is 0 Å². The normalized spacial score (nSPS) is 11.1. The van der Waals surface area contributed by atoms with Gasteiger partial charge in [0.1, 0.15) is 0 Å². The van der Waals surface area contributed by atoms with E-state index in [0.29, 0.717) is 6.54 Å². The fourth-order valence-electron chi connectivity index (χ4n) is 1.76. The van der Waals surface area contributed by atoms with Gasteiger partial charge in [0.15, 0.2) is 4.77 Å². The topological polar surface area (TPSA) is 33.6 Å². The van der Waals surface area contributed by atoms with Crippen LogP contribution in [0.1, 0.15) is 5.69 Å². The molecule has 1 N–H and O–H groups in total. The molecule has 17 heavy (non-hydrogen) atoms. The molecule has 0 amide bonds. The van der Waals surface area contributed by atoms with E-state index in [1.54, 1.807) is 11.3 Å². The van der Waals surface area contributed by atoms with Crippen molar-refractivity contribution in [1.29, 1.82) is 0 Å². The van der Waals surface area contributed by atoms with E-state index in [1.807, 2.05) is 23.0 Å². The lowest BCUT2D eigenvalue weighted by Crippen LogP contribution is -1.99. The minimum absolute atomic E-state index is 0.707. The van der Waals surface area contributed by atoms with E-state index >= 15 is 0 Å². The molecule has 0 radical (unpaired) electrons. The van der Waals surface area contributed by atoms with Crippen LogP contribution in [0.3, 0.4) is 0 Å². The number of halogens is 1. The van der Waals surface area contributed by atoms with Gasteiger partial charge in [-0.1, -0.05) is 15.9 Å². The highest BCUT2D eigenvalue weighted by Crippen LogP contribution is 2.20. The van der Waals surface area contributed by atoms with Crippen LogP contribution in [-0.4, -0.2) is 14.5 Å². The standard InChI is InChI=1S/C11H8BrN3S2/c12-7-1-2-9-10(3-7)15(11(16)14-9)4-8-5-17-6-13-8/h1-3,5-6H,4H2,(H,14,16). The summed E-state index contributed by atoms with van der Waals surface area (Å²) in [5.74, 6) is 0. The molecule has 0 atom stereocenters. The lowest BCUT2D eigenvalue weighted by molar-refractivity contribution is 0.791. The monoisotopic (exact) mass is 325 g/mol. The number of nitrogens with one attached hydrogen (secondary N) is 1. The van der Waals surface area contributed by atoms with Gasteiger partial charge in [-0.3, -0.25) is 0 Å². The summed E-state index contributed by atoms with van der Waals surface area (Å²) in [5.41, 5.74) is 5.02. The predicted molar refractivity (Wildman–Crippen MR) is 76.0 cm³/mol. The number of thiazole rings is 1. The molecule has 2 aromatic heterocycles. The quantitative estimate of drug-likeness (QED) is 0.723. The van der Waals surface area contributed by atoms with E-state index in [1.165, 1.54) is 0 Å². The molecule has 0 fully saturated rings. The second-order valence-corrected chi connectivity index (χ2v) is 5.68. The Bertz CT molecular complexity index is 712. The maximum atomic E-state index is 5.34. The average molecular weight is 326 g/mol. The van der Waals surface area contributed by atoms with Gasteiger partial charge in [0.05, 0.1) is 28.8 Å². The van der Waals surface area contributed by atoms with Crippen LogP contribution in [0.2, 0.25) is 0 Å². The number of H-pyrrole nitrogens is 1. The summed E-state index contributed by atoms with van der Waals surface area (Å²) in [6.07, 6.45) is 0. The third-order valence-corrected chi connectivity index (χ3v) is 3.99. The van der Waals surface area contributed by atoms with Gasteiger partial charge < -0.3 is 9.55 Å². The summed E-state index contributed by atoms with van der Waals surface area (Å²) in [5, 5.41) is 2.04. The van der Waals surface area contributed by atoms with Crippen LogP contribution in [0.4, 0.5) is 0 Å². The first-order chi connectivity index (χ1) is 8.24. The van der Waals surface area contributed by atoms with Crippen molar-refractivity contribution < 1.29 is 0 Å². The molecule has 0 spiro atoms. The van der Waals surface area contributed by atoms with Gasteiger partial charge in [0.25, 0.3) is 0 Å². The molecule has 3 rings (SSSR count). The van der Waals surface area contributed by atoms with E-state index in [2.05, 4.69) is 36.5 Å². The summed E-state index contributed by atoms with van der Waals surface area (Å²) in [6.45, 7) is 0.707. The second kappa shape index (κ2) is 4.36. The Morgan fingerprint density at radius 1 is 1.47 bits per heavy atom. The molecular weight excluding hydrogens is 318 g/mol. The highest BCUT2D eigenvalue weighted by molar-refractivity contribution is 9.10. The summed E-state index contributed by atoms with van der Waals surface area (Å²) < 4.78 is 3.84. The zero-order valence-corrected chi connectivity index (χ0v) is 11.9. The van der Waals surface area contributed by atoms with Crippen LogP contribution in [-0.2, 0) is 6.54 Å². The molecule has 0 aliphatic carbocycles. The maximum Gasteiger partial charge on any atom is 0.178 e. The first-order valence-corrected chi connectivity index (χ1v) is 7.13. The Balaban J connectivity index is 2.17. The van der Waals surface area contributed by atoms with E-state index in [4.69, 9.17) is 12.2 Å². The van der Waals surface area contributed by atoms with Crippen molar-refractivity contribution in [2.24, 2.45) is 0 Å². The van der Waals surface area contributed by atoms with Gasteiger partial charge in [-0.05, 0) is 30.4 Å². The second-order valence-electron chi connectivity index (χ2n) is 3.66. The van der Waals surface area contributed by atoms with Crippen molar-refractivity contribution in [3.05, 3.63) is 44.0 Å². The Hall–Kier alpha value is -0.980. The molecule has 86 valence electrons. The summed E-state index contributed by atoms with van der Waals surface area (Å²) in [4.78, 5) is 7.49. The predicted octanol–water partition coefficient (Wildman–Crippen LogP) is 3.97. The van der Waals surface area contributed by atoms with Crippen molar-refractivity contribution in [1.82, 2.24) is 14.5 Å². The van der Waals surface area contributed by atoms with Crippen molar-refractivity contribution >= 4 is 50.5 Å². The van der Waals surface area contributed by atoms with Crippen LogP contribution >= 0.6 is 39.5 Å². The number of rotatable bonds is 2. The fourth-order valence-corrected chi connectivity index (χ4v) is 2.93. The van der Waals surface area contributed by atoms with Crippen LogP contribution < -0.4 is 0 Å². The Labute approximate surface area is 115 Å². The fraction of sp³-hybridized carbons (Fsp3) is 0.0909. The first-order valence-electron chi connectivity index (χ1n) is 4.99. The lowest BCUT2D eigenvalue weighted by atomic mass is 10.3. The van der Waals surface area contributed by atoms with Gasteiger partial charge in [-0.2, -0.15) is 0 Å². The van der Waals surface area contributed by atoms with Crippen LogP contribution in [0.15, 0.2) is 33.6 Å². The number of benzene rings is 1. The van der Waals surface area contributed by atoms with E-state index in [-0.39, 0.29) is 0 Å². The van der Waals surface area contributed by atoms with Crippen LogP contribution in [0.25, 0.3) is 11.0 Å². The number of hydrogen-bond acceptors (Lipinski definition) is 3. The highest BCUT2D eigenvalue weighted by atomic mass is 79.9. The largest absolute Gasteiger partial charge is 0.331 e. The molecule has 0 aliphatic heterocycles. The molecule has 3 aromatic rings. The van der Waals surface area contributed by atoms with Crippen molar-refractivity contribution in [3.8, 4) is 0 Å². The molecule has 0 saturated carbocycles. The van der Waals surface area contributed by atoms with Crippen LogP contribution in [0, 0.1) is 4.77 Å². The Morgan fingerprint density at radius 3 is 3.12 bits per heavy atom. The molecule has 6 heteroatoms. The number of aromatic amines is 1. The molecule has 0 saturated heterocycles. The van der Waals surface area contributed by atoms with Crippen molar-refractivity contribution in [2.75, 3.05) is 0 Å². The van der Waals surface area contributed by atoms with Crippen molar-refractivity contribution in [3.63, 3.8) is 0 Å². The molecule has 0 aliphatic rings. The zero-order valence-electron chi connectivity index (χ0n) is 8.68. The molecule has 2 heterocycles. The number of hydrogen-bond donors (Lipinski definition) is 1. The molecular formula is C11H8BrN3S2. The SMILES string of the molecule is S=c1[nH]c2ccc(Br)cc2n1Cc1cscn1. The molecule has 0 unspecified atom stereocenters. The highest BCUT2D eigenvalue weighted by Gasteiger charge is 2.06. The third kappa shape index (κ3) is 2.08. The van der Waals surface area contributed by atoms with Gasteiger partial charge in [-0.25, -0.2) is 4.98 Å². The summed E-state index contributed by atoms with van der Waals surface area (Å²) in [7, 11) is 0. The van der Waals surface area contributed by atoms with E-state index in [9.17, 15) is 0 Å². The van der Waals surface area contributed by atoms with Crippen LogP contribution in [0.5, 0.6) is 0 Å². The van der Waals surface area contributed by atoms with Crippen molar-refractivity contribution in [2.45, 2.75) is 6.54 Å². The number of aromatic nitrogens is 3. The van der Waals surface area contributed by atoms with Gasteiger partial charge in [-0.15, -0.1) is 11.3 Å². The molecule has 3 nitrogen and oxygen atoms in total. The van der Waals surface area contributed by atoms with E-state index in [0.717, 1.165) is 26.0 Å². The van der Waals surface area contributed by atoms with Gasteiger partial charge in [0, 0.05) is 9.85 Å². The molecule has 1 aromatic carbocycles. The number of nitrogens with zero attached hydrogens (tertiary/aromatic N) is 2. The third-order valence-electron chi connectivity index (χ3n) is 2.54. The minimum atomic E-state index is 0.707. The zero-order chi connectivity index (χ0) is 11.8. The minimum Gasteiger partial charge on any atom is -0.331 e.